The zero-order valence-electron chi connectivity index (χ0n) is 16.2. The Labute approximate surface area is 160 Å². The quantitative estimate of drug-likeness (QED) is 0.733. The molecule has 148 valence electrons. The van der Waals surface area contributed by atoms with Gasteiger partial charge >= 0.3 is 0 Å². The topological polar surface area (TPSA) is 59.6 Å². The molecular formula is C20H30FN5O. The fourth-order valence-electron chi connectivity index (χ4n) is 4.47. The van der Waals surface area contributed by atoms with Gasteiger partial charge in [0.1, 0.15) is 11.9 Å². The molecule has 1 amide bonds. The highest BCUT2D eigenvalue weighted by Crippen LogP contribution is 2.31. The lowest BCUT2D eigenvalue weighted by atomic mass is 10.0. The predicted molar refractivity (Wildman–Crippen MR) is 104 cm³/mol. The number of piperazine rings is 1. The lowest BCUT2D eigenvalue weighted by molar-refractivity contribution is -0.122. The molecule has 3 aliphatic rings. The van der Waals surface area contributed by atoms with Crippen LogP contribution in [0.3, 0.4) is 0 Å². The highest BCUT2D eigenvalue weighted by molar-refractivity contribution is 5.88. The molecule has 3 atom stereocenters. The fraction of sp³-hybridized carbons (Fsp3) is 0.650. The smallest absolute Gasteiger partial charge is 0.243 e. The molecule has 1 aromatic carbocycles. The van der Waals surface area contributed by atoms with Crippen LogP contribution in [0.5, 0.6) is 0 Å². The number of likely N-dealkylation sites (N-methyl/N-ethyl adjacent to an activating group) is 1. The van der Waals surface area contributed by atoms with E-state index in [1.54, 1.807) is 6.07 Å². The summed E-state index contributed by atoms with van der Waals surface area (Å²) in [5.74, 6) is -0.246. The molecule has 27 heavy (non-hydrogen) atoms. The van der Waals surface area contributed by atoms with Crippen molar-refractivity contribution in [3.8, 4) is 0 Å². The molecule has 0 aliphatic carbocycles. The van der Waals surface area contributed by atoms with Gasteiger partial charge in [-0.15, -0.1) is 0 Å². The van der Waals surface area contributed by atoms with Crippen LogP contribution in [-0.2, 0) is 11.2 Å². The minimum absolute atomic E-state index is 0.0194. The molecule has 6 nitrogen and oxygen atoms in total. The number of hydrogen-bond donors (Lipinski definition) is 3. The number of carbonyl (C=O) groups is 1. The average Bonchev–Trinajstić information content (AvgIpc) is 3.13. The van der Waals surface area contributed by atoms with E-state index in [4.69, 9.17) is 0 Å². The van der Waals surface area contributed by atoms with Crippen molar-refractivity contribution in [3.63, 3.8) is 0 Å². The summed E-state index contributed by atoms with van der Waals surface area (Å²) >= 11 is 0. The van der Waals surface area contributed by atoms with Gasteiger partial charge in [-0.2, -0.15) is 0 Å². The number of aryl methyl sites for hydroxylation is 1. The van der Waals surface area contributed by atoms with Crippen molar-refractivity contribution >= 4 is 11.6 Å². The summed E-state index contributed by atoms with van der Waals surface area (Å²) in [4.78, 5) is 17.6. The first-order chi connectivity index (χ1) is 13.0. The molecule has 4 rings (SSSR count). The summed E-state index contributed by atoms with van der Waals surface area (Å²) in [5.41, 5.74) is 2.41. The Morgan fingerprint density at radius 3 is 2.78 bits per heavy atom. The largest absolute Gasteiger partial charge is 0.373 e. The first-order valence-corrected chi connectivity index (χ1v) is 10.0. The monoisotopic (exact) mass is 375 g/mol. The molecule has 3 aliphatic heterocycles. The van der Waals surface area contributed by atoms with Gasteiger partial charge in [0.2, 0.25) is 5.91 Å². The Morgan fingerprint density at radius 2 is 2.04 bits per heavy atom. The maximum atomic E-state index is 14.1. The molecule has 3 unspecified atom stereocenters. The van der Waals surface area contributed by atoms with Gasteiger partial charge in [-0.25, -0.2) is 4.39 Å². The van der Waals surface area contributed by atoms with Gasteiger partial charge in [0.25, 0.3) is 0 Å². The standard InChI is InChI=1S/C20H30FN5O/c1-13-3-4-16(21)15-12-17(24-19(13)15)20(27)23-14-5-6-22-18(11-14)26-9-7-25(2)8-10-26/h3-4,14,17-18,22,24H,5-12H2,1-2H3,(H,23,27). The van der Waals surface area contributed by atoms with Crippen molar-refractivity contribution in [3.05, 3.63) is 29.1 Å². The predicted octanol–water partition coefficient (Wildman–Crippen LogP) is 0.912. The van der Waals surface area contributed by atoms with Crippen LogP contribution < -0.4 is 16.0 Å². The Balaban J connectivity index is 1.33. The van der Waals surface area contributed by atoms with Crippen LogP contribution in [0.2, 0.25) is 0 Å². The third-order valence-corrected chi connectivity index (χ3v) is 6.21. The van der Waals surface area contributed by atoms with Crippen LogP contribution in [0, 0.1) is 12.7 Å². The number of nitrogens with one attached hydrogen (secondary N) is 3. The van der Waals surface area contributed by atoms with E-state index in [0.29, 0.717) is 18.2 Å². The fourth-order valence-corrected chi connectivity index (χ4v) is 4.47. The second kappa shape index (κ2) is 7.73. The lowest BCUT2D eigenvalue weighted by Gasteiger charge is -2.42. The van der Waals surface area contributed by atoms with Crippen molar-refractivity contribution in [2.75, 3.05) is 45.1 Å². The number of amides is 1. The zero-order chi connectivity index (χ0) is 19.0. The van der Waals surface area contributed by atoms with Gasteiger partial charge in [0.05, 0.1) is 6.17 Å². The summed E-state index contributed by atoms with van der Waals surface area (Å²) < 4.78 is 14.1. The minimum atomic E-state index is -0.382. The Hall–Kier alpha value is -1.70. The van der Waals surface area contributed by atoms with E-state index in [1.807, 2.05) is 6.92 Å². The van der Waals surface area contributed by atoms with Gasteiger partial charge in [-0.3, -0.25) is 9.69 Å². The summed E-state index contributed by atoms with van der Waals surface area (Å²) in [7, 11) is 2.16. The van der Waals surface area contributed by atoms with E-state index in [9.17, 15) is 9.18 Å². The highest BCUT2D eigenvalue weighted by Gasteiger charge is 2.33. The molecule has 3 N–H and O–H groups in total. The highest BCUT2D eigenvalue weighted by atomic mass is 19.1. The number of piperidine rings is 1. The third-order valence-electron chi connectivity index (χ3n) is 6.21. The molecule has 2 saturated heterocycles. The van der Waals surface area contributed by atoms with E-state index in [2.05, 4.69) is 32.8 Å². The zero-order valence-corrected chi connectivity index (χ0v) is 16.2. The molecule has 0 spiro atoms. The molecule has 2 fully saturated rings. The first-order valence-electron chi connectivity index (χ1n) is 10.0. The van der Waals surface area contributed by atoms with Crippen LogP contribution in [0.15, 0.2) is 12.1 Å². The maximum absolute atomic E-state index is 14.1. The van der Waals surface area contributed by atoms with Crippen LogP contribution in [0.1, 0.15) is 24.0 Å². The van der Waals surface area contributed by atoms with E-state index in [0.717, 1.165) is 56.8 Å². The van der Waals surface area contributed by atoms with E-state index in [1.165, 1.54) is 6.07 Å². The number of hydrogen-bond acceptors (Lipinski definition) is 5. The third kappa shape index (κ3) is 3.95. The molecule has 0 bridgehead atoms. The molecule has 0 saturated carbocycles. The van der Waals surface area contributed by atoms with Gasteiger partial charge in [-0.05, 0) is 45.0 Å². The van der Waals surface area contributed by atoms with Crippen molar-refractivity contribution in [1.29, 1.82) is 0 Å². The number of nitrogens with zero attached hydrogens (tertiary/aromatic N) is 2. The summed E-state index contributed by atoms with van der Waals surface area (Å²) in [6.07, 6.45) is 2.60. The van der Waals surface area contributed by atoms with Crippen LogP contribution >= 0.6 is 0 Å². The summed E-state index contributed by atoms with van der Waals surface area (Å²) in [5, 5.41) is 10.0. The van der Waals surface area contributed by atoms with E-state index >= 15 is 0 Å². The van der Waals surface area contributed by atoms with Crippen LogP contribution in [0.25, 0.3) is 0 Å². The average molecular weight is 375 g/mol. The molecule has 1 aromatic rings. The number of carbonyl (C=O) groups excluding carboxylic acids is 1. The first kappa shape index (κ1) is 18.7. The lowest BCUT2D eigenvalue weighted by Crippen LogP contribution is -2.59. The van der Waals surface area contributed by atoms with Crippen LogP contribution in [0.4, 0.5) is 10.1 Å². The molecular weight excluding hydrogens is 345 g/mol. The summed E-state index contributed by atoms with van der Waals surface area (Å²) in [6.45, 7) is 7.15. The Kier molecular flexibility index (Phi) is 5.34. The number of halogens is 1. The SMILES string of the molecule is Cc1ccc(F)c2c1NC(C(=O)NC1CCNC(N3CCN(C)CC3)C1)C2. The molecule has 0 aromatic heterocycles. The van der Waals surface area contributed by atoms with E-state index < -0.39 is 0 Å². The molecule has 0 radical (unpaired) electrons. The second-order valence-corrected chi connectivity index (χ2v) is 8.16. The Bertz CT molecular complexity index is 673. The van der Waals surface area contributed by atoms with Gasteiger partial charge < -0.3 is 20.9 Å². The van der Waals surface area contributed by atoms with Crippen molar-refractivity contribution in [2.24, 2.45) is 0 Å². The van der Waals surface area contributed by atoms with E-state index in [-0.39, 0.29) is 23.8 Å². The van der Waals surface area contributed by atoms with Crippen molar-refractivity contribution in [2.45, 2.75) is 44.4 Å². The van der Waals surface area contributed by atoms with Crippen LogP contribution in [-0.4, -0.2) is 73.7 Å². The van der Waals surface area contributed by atoms with Gasteiger partial charge in [0, 0.05) is 49.9 Å². The molecule has 3 heterocycles. The minimum Gasteiger partial charge on any atom is -0.373 e. The van der Waals surface area contributed by atoms with Gasteiger partial charge in [0.15, 0.2) is 0 Å². The number of anilines is 1. The van der Waals surface area contributed by atoms with Gasteiger partial charge in [-0.1, -0.05) is 6.07 Å². The molecule has 7 heteroatoms. The normalized spacial score (nSPS) is 29.2. The number of rotatable bonds is 3. The Morgan fingerprint density at radius 1 is 1.26 bits per heavy atom. The van der Waals surface area contributed by atoms with Crippen molar-refractivity contribution < 1.29 is 9.18 Å². The number of benzene rings is 1. The number of fused-ring (bicyclic) bond motifs is 1. The maximum Gasteiger partial charge on any atom is 0.243 e. The van der Waals surface area contributed by atoms with Crippen molar-refractivity contribution in [1.82, 2.24) is 20.4 Å². The summed E-state index contributed by atoms with van der Waals surface area (Å²) in [6, 6.07) is 3.03. The second-order valence-electron chi connectivity index (χ2n) is 8.16.